The summed E-state index contributed by atoms with van der Waals surface area (Å²) in [6.07, 6.45) is 2.78. The lowest BCUT2D eigenvalue weighted by Crippen LogP contribution is -2.24. The third-order valence-electron chi connectivity index (χ3n) is 2.02. The van der Waals surface area contributed by atoms with E-state index in [-0.39, 0.29) is 0 Å². The third kappa shape index (κ3) is 3.85. The van der Waals surface area contributed by atoms with Gasteiger partial charge in [0.2, 0.25) is 0 Å². The molecule has 1 heterocycles. The molecule has 4 heteroatoms. The Morgan fingerprint density at radius 2 is 2.47 bits per heavy atom. The maximum absolute atomic E-state index is 10.6. The van der Waals surface area contributed by atoms with E-state index >= 15 is 0 Å². The van der Waals surface area contributed by atoms with Crippen molar-refractivity contribution in [2.75, 3.05) is 0 Å². The van der Waals surface area contributed by atoms with E-state index < -0.39 is 5.97 Å². The van der Waals surface area contributed by atoms with Crippen molar-refractivity contribution in [3.8, 4) is 0 Å². The van der Waals surface area contributed by atoms with Gasteiger partial charge in [-0.2, -0.15) is 0 Å². The average Bonchev–Trinajstić information content (AvgIpc) is 2.63. The van der Waals surface area contributed by atoms with Crippen molar-refractivity contribution < 1.29 is 9.90 Å². The Bertz CT molecular complexity index is 346. The second kappa shape index (κ2) is 5.68. The quantitative estimate of drug-likeness (QED) is 0.731. The summed E-state index contributed by atoms with van der Waals surface area (Å²) in [5.41, 5.74) is 0. The fraction of sp³-hybridized carbons (Fsp3) is 0.364. The maximum Gasteiger partial charge on any atom is 0.345 e. The summed E-state index contributed by atoms with van der Waals surface area (Å²) in [4.78, 5) is 12.1. The smallest absolute Gasteiger partial charge is 0.345 e. The molecule has 15 heavy (non-hydrogen) atoms. The minimum Gasteiger partial charge on any atom is -0.477 e. The number of hydrogen-bond donors (Lipinski definition) is 2. The number of rotatable bonds is 6. The Labute approximate surface area is 93.4 Å². The Morgan fingerprint density at radius 1 is 1.73 bits per heavy atom. The van der Waals surface area contributed by atoms with Crippen LogP contribution in [0.4, 0.5) is 0 Å². The van der Waals surface area contributed by atoms with Crippen LogP contribution in [-0.2, 0) is 6.54 Å². The highest BCUT2D eigenvalue weighted by molar-refractivity contribution is 7.13. The van der Waals surface area contributed by atoms with Gasteiger partial charge in [0.25, 0.3) is 0 Å². The van der Waals surface area contributed by atoms with Gasteiger partial charge in [-0.25, -0.2) is 4.79 Å². The fourth-order valence-corrected chi connectivity index (χ4v) is 1.99. The molecule has 0 amide bonds. The Hall–Kier alpha value is -1.13. The predicted molar refractivity (Wildman–Crippen MR) is 62.4 cm³/mol. The number of nitrogens with one attached hydrogen (secondary N) is 1. The van der Waals surface area contributed by atoms with Gasteiger partial charge in [0.1, 0.15) is 4.88 Å². The van der Waals surface area contributed by atoms with Crippen LogP contribution in [-0.4, -0.2) is 17.1 Å². The van der Waals surface area contributed by atoms with Crippen LogP contribution in [0.2, 0.25) is 0 Å². The summed E-state index contributed by atoms with van der Waals surface area (Å²) in [5, 5.41) is 12.0. The molecule has 2 N–H and O–H groups in total. The van der Waals surface area contributed by atoms with Crippen molar-refractivity contribution in [3.05, 3.63) is 34.5 Å². The Balaban J connectivity index is 2.44. The van der Waals surface area contributed by atoms with Crippen molar-refractivity contribution in [1.29, 1.82) is 0 Å². The number of carbonyl (C=O) groups is 1. The van der Waals surface area contributed by atoms with Gasteiger partial charge in [0, 0.05) is 17.5 Å². The Kier molecular flexibility index (Phi) is 4.52. The molecule has 0 saturated carbocycles. The highest BCUT2D eigenvalue weighted by Crippen LogP contribution is 2.16. The molecule has 0 spiro atoms. The van der Waals surface area contributed by atoms with E-state index in [1.54, 1.807) is 6.07 Å². The molecule has 0 aliphatic carbocycles. The molecule has 1 aromatic heterocycles. The summed E-state index contributed by atoms with van der Waals surface area (Å²) in [6.45, 7) is 6.46. The fourth-order valence-electron chi connectivity index (χ4n) is 1.20. The molecule has 3 nitrogen and oxygen atoms in total. The van der Waals surface area contributed by atoms with E-state index in [0.717, 1.165) is 11.3 Å². The molecule has 0 aliphatic heterocycles. The molecule has 1 rings (SSSR count). The summed E-state index contributed by atoms with van der Waals surface area (Å²) in [7, 11) is 0. The number of thiophene rings is 1. The highest BCUT2D eigenvalue weighted by Gasteiger charge is 2.07. The molecule has 82 valence electrons. The monoisotopic (exact) mass is 225 g/mol. The van der Waals surface area contributed by atoms with E-state index in [9.17, 15) is 4.79 Å². The lowest BCUT2D eigenvalue weighted by atomic mass is 10.2. The number of hydrogen-bond acceptors (Lipinski definition) is 3. The predicted octanol–water partition coefficient (Wildman–Crippen LogP) is 2.50. The van der Waals surface area contributed by atoms with Crippen LogP contribution >= 0.6 is 11.3 Å². The van der Waals surface area contributed by atoms with Crippen LogP contribution in [0.15, 0.2) is 24.8 Å². The molecular formula is C11H15NO2S. The molecular weight excluding hydrogens is 210 g/mol. The lowest BCUT2D eigenvalue weighted by molar-refractivity contribution is 0.0702. The van der Waals surface area contributed by atoms with Crippen LogP contribution in [0.25, 0.3) is 0 Å². The van der Waals surface area contributed by atoms with E-state index in [4.69, 9.17) is 5.11 Å². The summed E-state index contributed by atoms with van der Waals surface area (Å²) in [5.74, 6) is -0.856. The maximum atomic E-state index is 10.6. The number of aromatic carboxylic acids is 1. The van der Waals surface area contributed by atoms with Gasteiger partial charge >= 0.3 is 5.97 Å². The average molecular weight is 225 g/mol. The number of carboxylic acids is 1. The molecule has 0 saturated heterocycles. The molecule has 0 aliphatic rings. The highest BCUT2D eigenvalue weighted by atomic mass is 32.1. The molecule has 0 radical (unpaired) electrons. The second-order valence-electron chi connectivity index (χ2n) is 3.38. The molecule has 1 unspecified atom stereocenters. The van der Waals surface area contributed by atoms with E-state index in [2.05, 4.69) is 18.8 Å². The first-order valence-electron chi connectivity index (χ1n) is 4.79. The zero-order valence-corrected chi connectivity index (χ0v) is 9.51. The van der Waals surface area contributed by atoms with E-state index in [1.165, 1.54) is 11.3 Å². The van der Waals surface area contributed by atoms with Gasteiger partial charge in [-0.15, -0.1) is 17.9 Å². The molecule has 0 fully saturated rings. The first-order valence-corrected chi connectivity index (χ1v) is 5.61. The topological polar surface area (TPSA) is 49.3 Å². The van der Waals surface area contributed by atoms with Crippen molar-refractivity contribution >= 4 is 17.3 Å². The summed E-state index contributed by atoms with van der Waals surface area (Å²) in [6, 6.07) is 3.86. The zero-order valence-electron chi connectivity index (χ0n) is 8.69. The van der Waals surface area contributed by atoms with Crippen molar-refractivity contribution in [2.45, 2.75) is 25.9 Å². The van der Waals surface area contributed by atoms with Crippen LogP contribution in [0.5, 0.6) is 0 Å². The van der Waals surface area contributed by atoms with E-state index in [1.807, 2.05) is 12.1 Å². The van der Waals surface area contributed by atoms with Crippen LogP contribution < -0.4 is 5.32 Å². The number of carboxylic acid groups (broad SMARTS) is 1. The molecule has 0 aromatic carbocycles. The van der Waals surface area contributed by atoms with Gasteiger partial charge in [-0.1, -0.05) is 6.08 Å². The zero-order chi connectivity index (χ0) is 11.3. The third-order valence-corrected chi connectivity index (χ3v) is 3.09. The van der Waals surface area contributed by atoms with Crippen LogP contribution in [0.1, 0.15) is 27.9 Å². The van der Waals surface area contributed by atoms with Gasteiger partial charge < -0.3 is 10.4 Å². The Morgan fingerprint density at radius 3 is 3.00 bits per heavy atom. The SMILES string of the molecule is C=CCC(C)NCc1ccc(C(=O)O)s1. The van der Waals surface area contributed by atoms with Gasteiger partial charge in [-0.05, 0) is 25.5 Å². The summed E-state index contributed by atoms with van der Waals surface area (Å²) < 4.78 is 0. The van der Waals surface area contributed by atoms with Crippen molar-refractivity contribution in [2.24, 2.45) is 0 Å². The first-order chi connectivity index (χ1) is 7.13. The van der Waals surface area contributed by atoms with Gasteiger partial charge in [0.05, 0.1) is 0 Å². The van der Waals surface area contributed by atoms with Crippen LogP contribution in [0.3, 0.4) is 0 Å². The first kappa shape index (κ1) is 11.9. The van der Waals surface area contributed by atoms with Crippen LogP contribution in [0, 0.1) is 0 Å². The largest absolute Gasteiger partial charge is 0.477 e. The van der Waals surface area contributed by atoms with Gasteiger partial charge in [0.15, 0.2) is 0 Å². The molecule has 0 bridgehead atoms. The summed E-state index contributed by atoms with van der Waals surface area (Å²) >= 11 is 1.31. The van der Waals surface area contributed by atoms with Crippen molar-refractivity contribution in [3.63, 3.8) is 0 Å². The standard InChI is InChI=1S/C11H15NO2S/c1-3-4-8(2)12-7-9-5-6-10(15-9)11(13)14/h3,5-6,8,12H,1,4,7H2,2H3,(H,13,14). The second-order valence-corrected chi connectivity index (χ2v) is 4.55. The lowest BCUT2D eigenvalue weighted by Gasteiger charge is -2.09. The van der Waals surface area contributed by atoms with E-state index in [0.29, 0.717) is 17.5 Å². The minimum atomic E-state index is -0.856. The normalized spacial score (nSPS) is 12.3. The minimum absolute atomic E-state index is 0.373. The molecule has 1 aromatic rings. The molecule has 1 atom stereocenters. The van der Waals surface area contributed by atoms with Crippen molar-refractivity contribution in [1.82, 2.24) is 5.32 Å². The van der Waals surface area contributed by atoms with Gasteiger partial charge in [-0.3, -0.25) is 0 Å².